The minimum Gasteiger partial charge on any atom is -0.478 e. The maximum Gasteiger partial charge on any atom is 0.222 e. The van der Waals surface area contributed by atoms with Crippen LogP contribution >= 0.6 is 11.8 Å². The van der Waals surface area contributed by atoms with Crippen molar-refractivity contribution in [2.75, 3.05) is 12.4 Å². The number of thioether (sulfide) groups is 1. The molecular weight excluding hydrogens is 316 g/mol. The standard InChI is InChI=1S/C20H18N2OS/c1-2-23-19-17-16(14-9-5-3-6-10-14)13-24-20(17)22-18(21-19)15-11-7-4-8-12-15/h3-12,16H,2,13H2,1H3. The number of nitrogens with zero attached hydrogens (tertiary/aromatic N) is 2. The molecule has 0 bridgehead atoms. The van der Waals surface area contributed by atoms with Crippen LogP contribution in [0.4, 0.5) is 0 Å². The van der Waals surface area contributed by atoms with Crippen molar-refractivity contribution >= 4 is 11.8 Å². The molecule has 1 aliphatic rings. The SMILES string of the molecule is CCOc1nc(-c2ccccc2)nc2c1C(c1ccccc1)CS2. The van der Waals surface area contributed by atoms with Gasteiger partial charge < -0.3 is 4.74 Å². The minimum absolute atomic E-state index is 0.289. The van der Waals surface area contributed by atoms with Crippen molar-refractivity contribution in [3.8, 4) is 17.3 Å². The summed E-state index contributed by atoms with van der Waals surface area (Å²) in [6.07, 6.45) is 0. The van der Waals surface area contributed by atoms with Crippen LogP contribution in [0.25, 0.3) is 11.4 Å². The number of aromatic nitrogens is 2. The lowest BCUT2D eigenvalue weighted by atomic mass is 9.95. The first-order valence-electron chi connectivity index (χ1n) is 8.14. The molecule has 120 valence electrons. The van der Waals surface area contributed by atoms with Gasteiger partial charge in [0.05, 0.1) is 12.2 Å². The van der Waals surface area contributed by atoms with Crippen LogP contribution in [0.15, 0.2) is 65.7 Å². The van der Waals surface area contributed by atoms with Crippen LogP contribution in [0.5, 0.6) is 5.88 Å². The van der Waals surface area contributed by atoms with Gasteiger partial charge in [-0.05, 0) is 12.5 Å². The van der Waals surface area contributed by atoms with E-state index in [1.165, 1.54) is 5.56 Å². The molecule has 0 N–H and O–H groups in total. The predicted molar refractivity (Wildman–Crippen MR) is 97.6 cm³/mol. The quantitative estimate of drug-likeness (QED) is 0.643. The molecule has 4 heteroatoms. The van der Waals surface area contributed by atoms with Gasteiger partial charge in [0.2, 0.25) is 5.88 Å². The van der Waals surface area contributed by atoms with Crippen molar-refractivity contribution in [1.82, 2.24) is 9.97 Å². The highest BCUT2D eigenvalue weighted by Gasteiger charge is 2.31. The molecule has 3 nitrogen and oxygen atoms in total. The van der Waals surface area contributed by atoms with Crippen LogP contribution in [0.1, 0.15) is 24.0 Å². The van der Waals surface area contributed by atoms with E-state index in [1.54, 1.807) is 11.8 Å². The summed E-state index contributed by atoms with van der Waals surface area (Å²) in [4.78, 5) is 9.55. The second-order valence-corrected chi connectivity index (χ2v) is 6.65. The highest BCUT2D eigenvalue weighted by Crippen LogP contribution is 2.46. The average molecular weight is 334 g/mol. The van der Waals surface area contributed by atoms with E-state index < -0.39 is 0 Å². The third-order valence-electron chi connectivity index (χ3n) is 4.13. The van der Waals surface area contributed by atoms with Gasteiger partial charge in [-0.25, -0.2) is 4.98 Å². The number of hydrogen-bond donors (Lipinski definition) is 0. The molecule has 0 aliphatic carbocycles. The Labute approximate surface area is 146 Å². The number of fused-ring (bicyclic) bond motifs is 1. The van der Waals surface area contributed by atoms with Crippen LogP contribution in [0.2, 0.25) is 0 Å². The zero-order valence-corrected chi connectivity index (χ0v) is 14.3. The van der Waals surface area contributed by atoms with Crippen molar-refractivity contribution in [2.45, 2.75) is 17.9 Å². The first kappa shape index (κ1) is 15.2. The van der Waals surface area contributed by atoms with Gasteiger partial charge in [0.25, 0.3) is 0 Å². The zero-order chi connectivity index (χ0) is 16.4. The molecule has 2 aromatic carbocycles. The lowest BCUT2D eigenvalue weighted by molar-refractivity contribution is 0.320. The van der Waals surface area contributed by atoms with E-state index in [0.717, 1.165) is 33.6 Å². The van der Waals surface area contributed by atoms with Gasteiger partial charge in [-0.15, -0.1) is 11.8 Å². The predicted octanol–water partition coefficient (Wildman–Crippen LogP) is 4.78. The van der Waals surface area contributed by atoms with E-state index >= 15 is 0 Å². The highest BCUT2D eigenvalue weighted by atomic mass is 32.2. The maximum absolute atomic E-state index is 5.90. The van der Waals surface area contributed by atoms with Crippen molar-refractivity contribution < 1.29 is 4.74 Å². The molecule has 1 unspecified atom stereocenters. The number of hydrogen-bond acceptors (Lipinski definition) is 4. The first-order chi connectivity index (χ1) is 11.9. The largest absolute Gasteiger partial charge is 0.478 e. The normalized spacial score (nSPS) is 16.0. The Morgan fingerprint density at radius 1 is 1.00 bits per heavy atom. The van der Waals surface area contributed by atoms with E-state index in [4.69, 9.17) is 14.7 Å². The van der Waals surface area contributed by atoms with Crippen LogP contribution < -0.4 is 4.74 Å². The Morgan fingerprint density at radius 3 is 2.42 bits per heavy atom. The molecule has 0 saturated carbocycles. The first-order valence-corrected chi connectivity index (χ1v) is 9.13. The summed E-state index contributed by atoms with van der Waals surface area (Å²) in [5.74, 6) is 2.73. The van der Waals surface area contributed by atoms with E-state index in [-0.39, 0.29) is 5.92 Å². The lowest BCUT2D eigenvalue weighted by Gasteiger charge is -2.15. The summed E-state index contributed by atoms with van der Waals surface area (Å²) in [5, 5.41) is 1.04. The number of ether oxygens (including phenoxy) is 1. The van der Waals surface area contributed by atoms with Gasteiger partial charge in [0.15, 0.2) is 5.82 Å². The second kappa shape index (κ2) is 6.65. The third-order valence-corrected chi connectivity index (χ3v) is 5.21. The Kier molecular flexibility index (Phi) is 4.22. The summed E-state index contributed by atoms with van der Waals surface area (Å²) >= 11 is 1.79. The third kappa shape index (κ3) is 2.78. The molecule has 0 amide bonds. The van der Waals surface area contributed by atoms with E-state index in [0.29, 0.717) is 6.61 Å². The summed E-state index contributed by atoms with van der Waals surface area (Å²) in [5.41, 5.74) is 3.44. The Balaban J connectivity index is 1.82. The van der Waals surface area contributed by atoms with Gasteiger partial charge in [-0.3, -0.25) is 0 Å². The smallest absolute Gasteiger partial charge is 0.222 e. The molecule has 3 aromatic rings. The number of benzene rings is 2. The van der Waals surface area contributed by atoms with E-state index in [9.17, 15) is 0 Å². The molecule has 1 aliphatic heterocycles. The molecule has 0 radical (unpaired) electrons. The second-order valence-electron chi connectivity index (χ2n) is 5.64. The molecule has 0 spiro atoms. The fourth-order valence-electron chi connectivity index (χ4n) is 2.99. The van der Waals surface area contributed by atoms with Gasteiger partial charge in [-0.1, -0.05) is 60.7 Å². The molecule has 0 saturated heterocycles. The molecule has 1 atom stereocenters. The summed E-state index contributed by atoms with van der Waals surface area (Å²) < 4.78 is 5.90. The molecular formula is C20H18N2OS. The van der Waals surface area contributed by atoms with Crippen LogP contribution in [0, 0.1) is 0 Å². The topological polar surface area (TPSA) is 35.0 Å². The van der Waals surface area contributed by atoms with E-state index in [1.807, 2.05) is 43.3 Å². The fraction of sp³-hybridized carbons (Fsp3) is 0.200. The molecule has 2 heterocycles. The van der Waals surface area contributed by atoms with Crippen molar-refractivity contribution in [1.29, 1.82) is 0 Å². The molecule has 1 aromatic heterocycles. The minimum atomic E-state index is 0.289. The van der Waals surface area contributed by atoms with Gasteiger partial charge in [-0.2, -0.15) is 4.98 Å². The number of rotatable bonds is 4. The van der Waals surface area contributed by atoms with Crippen LogP contribution in [0.3, 0.4) is 0 Å². The van der Waals surface area contributed by atoms with Gasteiger partial charge in [0.1, 0.15) is 5.03 Å². The highest BCUT2D eigenvalue weighted by molar-refractivity contribution is 7.99. The summed E-state index contributed by atoms with van der Waals surface area (Å²) in [6.45, 7) is 2.60. The summed E-state index contributed by atoms with van der Waals surface area (Å²) in [6, 6.07) is 20.6. The fourth-order valence-corrected chi connectivity index (χ4v) is 4.21. The average Bonchev–Trinajstić information content (AvgIpc) is 3.08. The van der Waals surface area contributed by atoms with Crippen molar-refractivity contribution in [2.24, 2.45) is 0 Å². The zero-order valence-electron chi connectivity index (χ0n) is 13.5. The Bertz CT molecular complexity index is 837. The van der Waals surface area contributed by atoms with E-state index in [2.05, 4.69) is 24.3 Å². The Morgan fingerprint density at radius 2 is 1.71 bits per heavy atom. The molecule has 0 fully saturated rings. The van der Waals surface area contributed by atoms with Gasteiger partial charge in [0, 0.05) is 17.2 Å². The van der Waals surface area contributed by atoms with Crippen molar-refractivity contribution in [3.05, 3.63) is 71.8 Å². The Hall–Kier alpha value is -2.33. The summed E-state index contributed by atoms with van der Waals surface area (Å²) in [7, 11) is 0. The maximum atomic E-state index is 5.90. The monoisotopic (exact) mass is 334 g/mol. The molecule has 4 rings (SSSR count). The van der Waals surface area contributed by atoms with Crippen LogP contribution in [-0.2, 0) is 0 Å². The van der Waals surface area contributed by atoms with Gasteiger partial charge >= 0.3 is 0 Å². The van der Waals surface area contributed by atoms with Crippen molar-refractivity contribution in [3.63, 3.8) is 0 Å². The molecule has 24 heavy (non-hydrogen) atoms. The van der Waals surface area contributed by atoms with Crippen LogP contribution in [-0.4, -0.2) is 22.3 Å². The lowest BCUT2D eigenvalue weighted by Crippen LogP contribution is -2.07.